The van der Waals surface area contributed by atoms with Crippen LogP contribution in [0, 0.1) is 3.57 Å². The van der Waals surface area contributed by atoms with Gasteiger partial charge in [-0.2, -0.15) is 15.4 Å². The minimum absolute atomic E-state index is 0.0949. The van der Waals surface area contributed by atoms with Crippen molar-refractivity contribution in [3.63, 3.8) is 0 Å². The minimum atomic E-state index is -0.638. The van der Waals surface area contributed by atoms with Gasteiger partial charge in [0.1, 0.15) is 5.69 Å². The molecular formula is C14H17IN4O3. The fourth-order valence-electron chi connectivity index (χ4n) is 1.92. The average molecular weight is 416 g/mol. The molecule has 2 rings (SSSR count). The van der Waals surface area contributed by atoms with E-state index in [1.54, 1.807) is 13.2 Å². The number of carbonyl (C=O) groups excluding carboxylic acids is 1. The Morgan fingerprint density at radius 1 is 1.41 bits per heavy atom. The van der Waals surface area contributed by atoms with E-state index in [0.29, 0.717) is 29.4 Å². The number of amides is 1. The van der Waals surface area contributed by atoms with Gasteiger partial charge in [0.15, 0.2) is 17.2 Å². The molecule has 0 fully saturated rings. The van der Waals surface area contributed by atoms with Gasteiger partial charge in [0.2, 0.25) is 0 Å². The molecule has 2 aromatic rings. The molecule has 0 aliphatic carbocycles. The van der Waals surface area contributed by atoms with E-state index in [9.17, 15) is 4.79 Å². The van der Waals surface area contributed by atoms with Crippen molar-refractivity contribution < 1.29 is 14.3 Å². The molecule has 8 heteroatoms. The zero-order valence-electron chi connectivity index (χ0n) is 12.4. The van der Waals surface area contributed by atoms with E-state index >= 15 is 0 Å². The Hall–Kier alpha value is -1.84. The molecule has 0 aliphatic heterocycles. The maximum Gasteiger partial charge on any atom is 0.271 e. The molecule has 0 saturated heterocycles. The molecule has 0 bridgehead atoms. The number of hydrogen-bond acceptors (Lipinski definition) is 5. The number of H-pyrrole nitrogens is 1. The van der Waals surface area contributed by atoms with E-state index < -0.39 is 5.91 Å². The number of rotatable bonds is 7. The summed E-state index contributed by atoms with van der Waals surface area (Å²) in [5, 5.41) is 10.2. The van der Waals surface area contributed by atoms with Crippen LogP contribution in [0.3, 0.4) is 0 Å². The number of methoxy groups -OCH3 is 1. The summed E-state index contributed by atoms with van der Waals surface area (Å²) in [4.78, 5) is 11.4. The molecule has 0 spiro atoms. The van der Waals surface area contributed by atoms with Crippen LogP contribution >= 0.6 is 22.6 Å². The Morgan fingerprint density at radius 3 is 2.82 bits per heavy atom. The first-order valence-corrected chi connectivity index (χ1v) is 7.87. The van der Waals surface area contributed by atoms with Crippen molar-refractivity contribution in [2.75, 3.05) is 13.7 Å². The Balaban J connectivity index is 2.41. The van der Waals surface area contributed by atoms with Gasteiger partial charge in [0.05, 0.1) is 17.3 Å². The number of primary amides is 1. The number of carbonyl (C=O) groups is 1. The zero-order chi connectivity index (χ0) is 16.1. The first-order chi connectivity index (χ1) is 10.6. The van der Waals surface area contributed by atoms with Crippen molar-refractivity contribution >= 4 is 28.5 Å². The van der Waals surface area contributed by atoms with Gasteiger partial charge in [0, 0.05) is 5.56 Å². The van der Waals surface area contributed by atoms with Crippen LogP contribution in [-0.4, -0.2) is 35.0 Å². The van der Waals surface area contributed by atoms with Crippen molar-refractivity contribution in [2.24, 2.45) is 5.73 Å². The molecule has 0 atom stereocenters. The van der Waals surface area contributed by atoms with Gasteiger partial charge in [-0.05, 0) is 41.1 Å². The van der Waals surface area contributed by atoms with Crippen LogP contribution in [0.5, 0.6) is 11.5 Å². The Labute approximate surface area is 141 Å². The Kier molecular flexibility index (Phi) is 5.58. The summed E-state index contributed by atoms with van der Waals surface area (Å²) < 4.78 is 12.0. The van der Waals surface area contributed by atoms with Crippen LogP contribution < -0.4 is 15.2 Å². The third-order valence-electron chi connectivity index (χ3n) is 3.03. The summed E-state index contributed by atoms with van der Waals surface area (Å²) in [7, 11) is 1.57. The molecule has 1 aromatic heterocycles. The van der Waals surface area contributed by atoms with Crippen molar-refractivity contribution in [3.8, 4) is 22.8 Å². The molecule has 0 saturated carbocycles. The maximum absolute atomic E-state index is 11.4. The van der Waals surface area contributed by atoms with Crippen LogP contribution in [0.4, 0.5) is 0 Å². The number of nitrogens with two attached hydrogens (primary N) is 1. The lowest BCUT2D eigenvalue weighted by Gasteiger charge is -2.13. The predicted octanol–water partition coefficient (Wildman–Crippen LogP) is 2.36. The van der Waals surface area contributed by atoms with Gasteiger partial charge in [-0.3, -0.25) is 4.79 Å². The third-order valence-corrected chi connectivity index (χ3v) is 3.83. The third kappa shape index (κ3) is 3.49. The van der Waals surface area contributed by atoms with Crippen molar-refractivity contribution in [1.29, 1.82) is 0 Å². The fourth-order valence-corrected chi connectivity index (χ4v) is 2.68. The second-order valence-corrected chi connectivity index (χ2v) is 5.74. The largest absolute Gasteiger partial charge is 0.493 e. The lowest BCUT2D eigenvalue weighted by molar-refractivity contribution is 0.0996. The molecule has 7 nitrogen and oxygen atoms in total. The van der Waals surface area contributed by atoms with Gasteiger partial charge in [-0.15, -0.1) is 0 Å². The number of hydrogen-bond donors (Lipinski definition) is 2. The zero-order valence-corrected chi connectivity index (χ0v) is 14.5. The van der Waals surface area contributed by atoms with Crippen molar-refractivity contribution in [1.82, 2.24) is 15.4 Å². The van der Waals surface area contributed by atoms with Crippen LogP contribution in [0.15, 0.2) is 12.1 Å². The first kappa shape index (κ1) is 16.5. The van der Waals surface area contributed by atoms with Crippen LogP contribution in [-0.2, 0) is 0 Å². The van der Waals surface area contributed by atoms with Gasteiger partial charge >= 0.3 is 0 Å². The molecule has 1 aromatic carbocycles. The molecular weight excluding hydrogens is 399 g/mol. The topological polar surface area (TPSA) is 103 Å². The summed E-state index contributed by atoms with van der Waals surface area (Å²) in [6.45, 7) is 2.73. The number of benzene rings is 1. The van der Waals surface area contributed by atoms with E-state index in [1.807, 2.05) is 6.07 Å². The molecule has 1 heterocycles. The Bertz CT molecular complexity index is 672. The maximum atomic E-state index is 11.4. The second-order valence-electron chi connectivity index (χ2n) is 4.58. The molecule has 0 radical (unpaired) electrons. The number of unbranched alkanes of at least 4 members (excludes halogenated alkanes) is 1. The summed E-state index contributed by atoms with van der Waals surface area (Å²) in [6.07, 6.45) is 2.02. The van der Waals surface area contributed by atoms with E-state index in [2.05, 4.69) is 44.9 Å². The summed E-state index contributed by atoms with van der Waals surface area (Å²) in [6, 6.07) is 3.61. The highest BCUT2D eigenvalue weighted by Gasteiger charge is 2.19. The normalized spacial score (nSPS) is 10.5. The fraction of sp³-hybridized carbons (Fsp3) is 0.357. The van der Waals surface area contributed by atoms with Crippen LogP contribution in [0.1, 0.15) is 30.3 Å². The highest BCUT2D eigenvalue weighted by molar-refractivity contribution is 14.1. The van der Waals surface area contributed by atoms with Gasteiger partial charge in [-0.25, -0.2) is 0 Å². The second kappa shape index (κ2) is 7.43. The number of halogens is 1. The summed E-state index contributed by atoms with van der Waals surface area (Å²) >= 11 is 2.16. The van der Waals surface area contributed by atoms with Crippen molar-refractivity contribution in [2.45, 2.75) is 19.8 Å². The number of ether oxygens (including phenoxy) is 2. The number of nitrogens with zero attached hydrogens (tertiary/aromatic N) is 2. The monoisotopic (exact) mass is 416 g/mol. The lowest BCUT2D eigenvalue weighted by Crippen LogP contribution is -2.12. The molecule has 3 N–H and O–H groups in total. The van der Waals surface area contributed by atoms with E-state index in [4.69, 9.17) is 15.2 Å². The van der Waals surface area contributed by atoms with E-state index in [1.165, 1.54) is 0 Å². The smallest absolute Gasteiger partial charge is 0.271 e. The molecule has 0 unspecified atom stereocenters. The lowest BCUT2D eigenvalue weighted by atomic mass is 10.1. The van der Waals surface area contributed by atoms with Gasteiger partial charge in [0.25, 0.3) is 5.91 Å². The molecule has 1 amide bonds. The number of aromatic nitrogens is 3. The molecule has 118 valence electrons. The standard InChI is InChI=1S/C14H17IN4O3/c1-3-4-5-22-13-9(15)6-8(7-10(13)21-2)11-12(14(16)20)18-19-17-11/h6-7H,3-5H2,1-2H3,(H2,16,20)(H,17,18,19). The number of aromatic amines is 1. The first-order valence-electron chi connectivity index (χ1n) is 6.79. The van der Waals surface area contributed by atoms with E-state index in [-0.39, 0.29) is 5.69 Å². The van der Waals surface area contributed by atoms with Crippen LogP contribution in [0.2, 0.25) is 0 Å². The van der Waals surface area contributed by atoms with Gasteiger partial charge in [-0.1, -0.05) is 13.3 Å². The highest BCUT2D eigenvalue weighted by atomic mass is 127. The summed E-state index contributed by atoms with van der Waals surface area (Å²) in [5.74, 6) is 0.627. The predicted molar refractivity (Wildman–Crippen MR) is 90.0 cm³/mol. The van der Waals surface area contributed by atoms with Gasteiger partial charge < -0.3 is 15.2 Å². The molecule has 0 aliphatic rings. The van der Waals surface area contributed by atoms with Crippen molar-refractivity contribution in [3.05, 3.63) is 21.4 Å². The van der Waals surface area contributed by atoms with Crippen LogP contribution in [0.25, 0.3) is 11.3 Å². The quantitative estimate of drug-likeness (QED) is 0.533. The molecule has 22 heavy (non-hydrogen) atoms. The average Bonchev–Trinajstić information content (AvgIpc) is 2.98. The Morgan fingerprint density at radius 2 is 2.18 bits per heavy atom. The summed E-state index contributed by atoms with van der Waals surface area (Å²) in [5.41, 5.74) is 6.47. The minimum Gasteiger partial charge on any atom is -0.493 e. The van der Waals surface area contributed by atoms with E-state index in [0.717, 1.165) is 16.4 Å². The highest BCUT2D eigenvalue weighted by Crippen LogP contribution is 2.37. The number of nitrogens with one attached hydrogen (secondary N) is 1. The SMILES string of the molecule is CCCCOc1c(I)cc(-c2n[nH]nc2C(N)=O)cc1OC.